The maximum absolute atomic E-state index is 11.5. The number of sulfonamides is 1. The number of hydrogen-bond acceptors (Lipinski definition) is 3. The van der Waals surface area contributed by atoms with Gasteiger partial charge in [-0.05, 0) is 5.41 Å². The van der Waals surface area contributed by atoms with E-state index in [4.69, 9.17) is 16.3 Å². The Kier molecular flexibility index (Phi) is 6.10. The molecule has 0 aromatic rings. The highest BCUT2D eigenvalue weighted by Gasteiger charge is 2.21. The highest BCUT2D eigenvalue weighted by atomic mass is 35.5. The van der Waals surface area contributed by atoms with Crippen molar-refractivity contribution in [3.63, 3.8) is 0 Å². The summed E-state index contributed by atoms with van der Waals surface area (Å²) < 4.78 is 30.4. The first kappa shape index (κ1) is 15.2. The lowest BCUT2D eigenvalue weighted by Crippen LogP contribution is -2.36. The Morgan fingerprint density at radius 1 is 1.40 bits per heavy atom. The van der Waals surface area contributed by atoms with E-state index in [1.54, 1.807) is 0 Å². The maximum atomic E-state index is 11.5. The number of methoxy groups -OCH3 is 1. The van der Waals surface area contributed by atoms with Gasteiger partial charge in [0.15, 0.2) is 0 Å². The third kappa shape index (κ3) is 9.11. The molecule has 0 heterocycles. The Morgan fingerprint density at radius 3 is 2.33 bits per heavy atom. The third-order valence-corrected chi connectivity index (χ3v) is 3.63. The first-order valence-corrected chi connectivity index (χ1v) is 6.85. The highest BCUT2D eigenvalue weighted by Crippen LogP contribution is 2.15. The fourth-order valence-electron chi connectivity index (χ4n) is 1.08. The van der Waals surface area contributed by atoms with Crippen LogP contribution in [0.2, 0.25) is 0 Å². The van der Waals surface area contributed by atoms with Crippen LogP contribution in [0.25, 0.3) is 0 Å². The average molecular weight is 258 g/mol. The van der Waals surface area contributed by atoms with Crippen molar-refractivity contribution in [3.05, 3.63) is 0 Å². The van der Waals surface area contributed by atoms with Gasteiger partial charge in [0, 0.05) is 13.7 Å². The predicted molar refractivity (Wildman–Crippen MR) is 62.8 cm³/mol. The number of halogens is 1. The number of hydrogen-bond donors (Lipinski definition) is 1. The van der Waals surface area contributed by atoms with Gasteiger partial charge in [0.25, 0.3) is 0 Å². The largest absolute Gasteiger partial charge is 0.383 e. The van der Waals surface area contributed by atoms with Crippen LogP contribution < -0.4 is 4.72 Å². The van der Waals surface area contributed by atoms with Crippen molar-refractivity contribution < 1.29 is 13.2 Å². The second kappa shape index (κ2) is 6.03. The number of rotatable bonds is 6. The average Bonchev–Trinajstić information content (AvgIpc) is 1.97. The minimum atomic E-state index is -3.24. The van der Waals surface area contributed by atoms with E-state index in [1.807, 2.05) is 20.8 Å². The molecule has 92 valence electrons. The lowest BCUT2D eigenvalue weighted by molar-refractivity contribution is 0.198. The molecule has 0 fully saturated rings. The van der Waals surface area contributed by atoms with Crippen molar-refractivity contribution in [2.75, 3.05) is 26.0 Å². The molecule has 0 rings (SSSR count). The SMILES string of the molecule is COCC(Cl)CNS(=O)(=O)CC(C)(C)C. The first-order valence-electron chi connectivity index (χ1n) is 4.76. The molecule has 0 aliphatic heterocycles. The summed E-state index contributed by atoms with van der Waals surface area (Å²) in [4.78, 5) is 0. The molecule has 0 spiro atoms. The van der Waals surface area contributed by atoms with Gasteiger partial charge in [-0.1, -0.05) is 20.8 Å². The van der Waals surface area contributed by atoms with Gasteiger partial charge in [-0.3, -0.25) is 0 Å². The van der Waals surface area contributed by atoms with Crippen LogP contribution in [0.5, 0.6) is 0 Å². The normalized spacial score (nSPS) is 15.3. The number of ether oxygens (including phenoxy) is 1. The van der Waals surface area contributed by atoms with Crippen molar-refractivity contribution >= 4 is 21.6 Å². The third-order valence-electron chi connectivity index (χ3n) is 1.50. The van der Waals surface area contributed by atoms with E-state index in [0.29, 0.717) is 6.61 Å². The van der Waals surface area contributed by atoms with Gasteiger partial charge >= 0.3 is 0 Å². The molecule has 0 aromatic carbocycles. The molecule has 0 aromatic heterocycles. The standard InChI is InChI=1S/C9H20ClNO3S/c1-9(2,3)7-15(12,13)11-5-8(10)6-14-4/h8,11H,5-7H2,1-4H3. The number of nitrogens with one attached hydrogen (secondary N) is 1. The topological polar surface area (TPSA) is 55.4 Å². The van der Waals surface area contributed by atoms with Crippen molar-refractivity contribution in [3.8, 4) is 0 Å². The summed E-state index contributed by atoms with van der Waals surface area (Å²) in [7, 11) is -1.72. The van der Waals surface area contributed by atoms with Crippen LogP contribution in [0.3, 0.4) is 0 Å². The maximum Gasteiger partial charge on any atom is 0.212 e. The summed E-state index contributed by atoms with van der Waals surface area (Å²) in [5.41, 5.74) is -0.255. The van der Waals surface area contributed by atoms with Crippen molar-refractivity contribution in [2.45, 2.75) is 26.1 Å². The smallest absolute Gasteiger partial charge is 0.212 e. The van der Waals surface area contributed by atoms with E-state index in [-0.39, 0.29) is 23.1 Å². The molecule has 15 heavy (non-hydrogen) atoms. The molecule has 4 nitrogen and oxygen atoms in total. The molecule has 6 heteroatoms. The molecule has 1 atom stereocenters. The second-order valence-electron chi connectivity index (χ2n) is 4.72. The Morgan fingerprint density at radius 2 is 1.93 bits per heavy atom. The Balaban J connectivity index is 4.06. The van der Waals surface area contributed by atoms with E-state index in [0.717, 1.165) is 0 Å². The molecular weight excluding hydrogens is 238 g/mol. The van der Waals surface area contributed by atoms with Crippen molar-refractivity contribution in [1.29, 1.82) is 0 Å². The fourth-order valence-corrected chi connectivity index (χ4v) is 3.07. The zero-order valence-corrected chi connectivity index (χ0v) is 11.3. The van der Waals surface area contributed by atoms with Gasteiger partial charge in [-0.2, -0.15) is 0 Å². The van der Waals surface area contributed by atoms with Crippen LogP contribution in [0.1, 0.15) is 20.8 Å². The summed E-state index contributed by atoms with van der Waals surface area (Å²) in [6.45, 7) is 6.16. The molecule has 0 aliphatic rings. The number of alkyl halides is 1. The monoisotopic (exact) mass is 257 g/mol. The minimum Gasteiger partial charge on any atom is -0.383 e. The van der Waals surface area contributed by atoms with E-state index >= 15 is 0 Å². The van der Waals surface area contributed by atoms with Gasteiger partial charge in [0.2, 0.25) is 10.0 Å². The van der Waals surface area contributed by atoms with Crippen LogP contribution in [0.15, 0.2) is 0 Å². The highest BCUT2D eigenvalue weighted by molar-refractivity contribution is 7.89. The Hall–Kier alpha value is 0.160. The summed E-state index contributed by atoms with van der Waals surface area (Å²) in [5, 5.41) is -0.329. The lowest BCUT2D eigenvalue weighted by atomic mass is 10.0. The lowest BCUT2D eigenvalue weighted by Gasteiger charge is -2.19. The van der Waals surface area contributed by atoms with E-state index in [9.17, 15) is 8.42 Å². The molecule has 0 radical (unpaired) electrons. The summed E-state index contributed by atoms with van der Waals surface area (Å²) in [6, 6.07) is 0. The van der Waals surface area contributed by atoms with Gasteiger partial charge in [-0.25, -0.2) is 13.1 Å². The van der Waals surface area contributed by atoms with Crippen LogP contribution in [-0.2, 0) is 14.8 Å². The van der Waals surface area contributed by atoms with E-state index in [1.165, 1.54) is 7.11 Å². The second-order valence-corrected chi connectivity index (χ2v) is 7.14. The minimum absolute atomic E-state index is 0.0938. The Bertz CT molecular complexity index is 272. The molecule has 0 saturated heterocycles. The zero-order chi connectivity index (χ0) is 12.1. The Labute approximate surface area is 97.4 Å². The van der Waals surface area contributed by atoms with Gasteiger partial charge in [-0.15, -0.1) is 11.6 Å². The molecule has 0 saturated carbocycles. The molecule has 0 amide bonds. The van der Waals surface area contributed by atoms with E-state index < -0.39 is 10.0 Å². The van der Waals surface area contributed by atoms with Crippen molar-refractivity contribution in [2.24, 2.45) is 5.41 Å². The first-order chi connectivity index (χ1) is 6.66. The van der Waals surface area contributed by atoms with Crippen LogP contribution >= 0.6 is 11.6 Å². The van der Waals surface area contributed by atoms with Gasteiger partial charge < -0.3 is 4.74 Å². The summed E-state index contributed by atoms with van der Waals surface area (Å²) in [5.74, 6) is 0.0938. The van der Waals surface area contributed by atoms with Gasteiger partial charge in [0.05, 0.1) is 17.7 Å². The fraction of sp³-hybridized carbons (Fsp3) is 1.00. The quantitative estimate of drug-likeness (QED) is 0.728. The molecule has 1 unspecified atom stereocenters. The van der Waals surface area contributed by atoms with Crippen LogP contribution in [-0.4, -0.2) is 39.8 Å². The molecule has 0 bridgehead atoms. The molecule has 1 N–H and O–H groups in total. The predicted octanol–water partition coefficient (Wildman–Crippen LogP) is 1.21. The molecule has 0 aliphatic carbocycles. The van der Waals surface area contributed by atoms with E-state index in [2.05, 4.69) is 4.72 Å². The van der Waals surface area contributed by atoms with Crippen LogP contribution in [0.4, 0.5) is 0 Å². The van der Waals surface area contributed by atoms with Crippen molar-refractivity contribution in [1.82, 2.24) is 4.72 Å². The summed E-state index contributed by atoms with van der Waals surface area (Å²) in [6.07, 6.45) is 0. The zero-order valence-electron chi connectivity index (χ0n) is 9.71. The van der Waals surface area contributed by atoms with Crippen LogP contribution in [0, 0.1) is 5.41 Å². The summed E-state index contributed by atoms with van der Waals surface area (Å²) >= 11 is 5.81. The molecular formula is C9H20ClNO3S. The van der Waals surface area contributed by atoms with Gasteiger partial charge in [0.1, 0.15) is 0 Å².